The van der Waals surface area contributed by atoms with E-state index in [4.69, 9.17) is 0 Å². The molecule has 4 rings (SSSR count). The van der Waals surface area contributed by atoms with Crippen LogP contribution in [0.25, 0.3) is 0 Å². The lowest BCUT2D eigenvalue weighted by atomic mass is 10.2. The number of aryl methyl sites for hydroxylation is 3. The number of amides is 1. The third-order valence-electron chi connectivity index (χ3n) is 4.18. The minimum Gasteiger partial charge on any atom is -0.329 e. The van der Waals surface area contributed by atoms with Crippen molar-refractivity contribution < 1.29 is 4.79 Å². The zero-order valence-corrected chi connectivity index (χ0v) is 12.2. The van der Waals surface area contributed by atoms with Crippen LogP contribution in [0.2, 0.25) is 0 Å². The average molecular weight is 288 g/mol. The average Bonchev–Trinajstić information content (AvgIpc) is 3.12. The second-order valence-corrected chi connectivity index (χ2v) is 6.59. The van der Waals surface area contributed by atoms with Crippen molar-refractivity contribution >= 4 is 17.2 Å². The molecule has 0 radical (unpaired) electrons. The van der Waals surface area contributed by atoms with Crippen molar-refractivity contribution in [2.24, 2.45) is 0 Å². The normalized spacial score (nSPS) is 17.1. The van der Waals surface area contributed by atoms with Crippen molar-refractivity contribution in [1.29, 1.82) is 0 Å². The minimum absolute atomic E-state index is 0.149. The predicted molar refractivity (Wildman–Crippen MR) is 75.8 cm³/mol. The monoisotopic (exact) mass is 288 g/mol. The number of thiophene rings is 1. The number of nitrogens with zero attached hydrogens (tertiary/aromatic N) is 4. The summed E-state index contributed by atoms with van der Waals surface area (Å²) >= 11 is 1.68. The Morgan fingerprint density at radius 2 is 2.20 bits per heavy atom. The second-order valence-electron chi connectivity index (χ2n) is 5.45. The van der Waals surface area contributed by atoms with Gasteiger partial charge in [-0.3, -0.25) is 4.79 Å². The van der Waals surface area contributed by atoms with Crippen LogP contribution in [0.4, 0.5) is 0 Å². The van der Waals surface area contributed by atoms with Crippen molar-refractivity contribution in [3.63, 3.8) is 0 Å². The Hall–Kier alpha value is -1.69. The van der Waals surface area contributed by atoms with E-state index in [0.717, 1.165) is 42.5 Å². The highest BCUT2D eigenvalue weighted by atomic mass is 32.1. The summed E-state index contributed by atoms with van der Waals surface area (Å²) in [6.07, 6.45) is 3.51. The molecule has 6 heteroatoms. The van der Waals surface area contributed by atoms with E-state index in [0.29, 0.717) is 6.54 Å². The molecule has 0 aromatic carbocycles. The summed E-state index contributed by atoms with van der Waals surface area (Å²) in [6, 6.07) is 2.10. The third kappa shape index (κ3) is 1.78. The topological polar surface area (TPSA) is 51.0 Å². The summed E-state index contributed by atoms with van der Waals surface area (Å²) in [5.74, 6) is 1.98. The first kappa shape index (κ1) is 12.1. The van der Waals surface area contributed by atoms with Crippen LogP contribution in [0.1, 0.15) is 38.2 Å². The van der Waals surface area contributed by atoms with E-state index in [2.05, 4.69) is 20.8 Å². The first-order valence-corrected chi connectivity index (χ1v) is 7.83. The van der Waals surface area contributed by atoms with Crippen molar-refractivity contribution in [3.8, 4) is 0 Å². The quantitative estimate of drug-likeness (QED) is 0.804. The van der Waals surface area contributed by atoms with Gasteiger partial charge in [-0.1, -0.05) is 0 Å². The van der Waals surface area contributed by atoms with Gasteiger partial charge in [-0.15, -0.1) is 21.5 Å². The van der Waals surface area contributed by atoms with Gasteiger partial charge < -0.3 is 9.47 Å². The molecule has 5 nitrogen and oxygen atoms in total. The lowest BCUT2D eigenvalue weighted by Gasteiger charge is -2.27. The molecule has 2 aromatic rings. The van der Waals surface area contributed by atoms with E-state index in [-0.39, 0.29) is 5.91 Å². The number of rotatable bonds is 1. The van der Waals surface area contributed by atoms with Gasteiger partial charge >= 0.3 is 0 Å². The highest BCUT2D eigenvalue weighted by Gasteiger charge is 2.26. The van der Waals surface area contributed by atoms with Gasteiger partial charge in [-0.05, 0) is 37.8 Å². The number of carbonyl (C=O) groups excluding carboxylic acids is 1. The fourth-order valence-electron chi connectivity index (χ4n) is 3.07. The van der Waals surface area contributed by atoms with Gasteiger partial charge in [0, 0.05) is 18.0 Å². The molecule has 0 bridgehead atoms. The molecule has 0 N–H and O–H groups in total. The van der Waals surface area contributed by atoms with Crippen molar-refractivity contribution in [1.82, 2.24) is 19.7 Å². The molecule has 2 aromatic heterocycles. The maximum Gasteiger partial charge on any atom is 0.264 e. The van der Waals surface area contributed by atoms with E-state index in [9.17, 15) is 4.79 Å². The fourth-order valence-corrected chi connectivity index (χ4v) is 4.29. The molecule has 0 atom stereocenters. The van der Waals surface area contributed by atoms with Crippen LogP contribution in [-0.2, 0) is 25.9 Å². The summed E-state index contributed by atoms with van der Waals surface area (Å²) in [5.41, 5.74) is 1.38. The Bertz CT molecular complexity index is 666. The van der Waals surface area contributed by atoms with E-state index in [1.807, 2.05) is 11.8 Å². The highest BCUT2D eigenvalue weighted by Crippen LogP contribution is 2.31. The summed E-state index contributed by atoms with van der Waals surface area (Å²) < 4.78 is 2.10. The van der Waals surface area contributed by atoms with Crippen molar-refractivity contribution in [3.05, 3.63) is 33.0 Å². The largest absolute Gasteiger partial charge is 0.329 e. The zero-order valence-electron chi connectivity index (χ0n) is 11.4. The molecule has 0 saturated heterocycles. The summed E-state index contributed by atoms with van der Waals surface area (Å²) in [4.78, 5) is 16.8. The SMILES string of the molecule is Cc1nnc2n1CCN(C(=O)c1cc3c(s1)CCC3)C2. The van der Waals surface area contributed by atoms with E-state index < -0.39 is 0 Å². The number of hydrogen-bond donors (Lipinski definition) is 0. The molecule has 2 aliphatic rings. The van der Waals surface area contributed by atoms with Crippen LogP contribution in [0.5, 0.6) is 0 Å². The maximum atomic E-state index is 12.6. The summed E-state index contributed by atoms with van der Waals surface area (Å²) in [6.45, 7) is 4.07. The number of fused-ring (bicyclic) bond motifs is 2. The highest BCUT2D eigenvalue weighted by molar-refractivity contribution is 7.14. The van der Waals surface area contributed by atoms with Gasteiger partial charge in [0.1, 0.15) is 5.82 Å². The van der Waals surface area contributed by atoms with Crippen LogP contribution in [-0.4, -0.2) is 32.1 Å². The number of hydrogen-bond acceptors (Lipinski definition) is 4. The van der Waals surface area contributed by atoms with Crippen molar-refractivity contribution in [2.75, 3.05) is 6.54 Å². The van der Waals surface area contributed by atoms with Gasteiger partial charge in [-0.2, -0.15) is 0 Å². The molecule has 1 aliphatic carbocycles. The molecular weight excluding hydrogens is 272 g/mol. The third-order valence-corrected chi connectivity index (χ3v) is 5.41. The van der Waals surface area contributed by atoms with E-state index in [1.165, 1.54) is 16.9 Å². The van der Waals surface area contributed by atoms with Gasteiger partial charge in [0.25, 0.3) is 5.91 Å². The Balaban J connectivity index is 1.57. The Morgan fingerprint density at radius 3 is 3.05 bits per heavy atom. The molecule has 20 heavy (non-hydrogen) atoms. The van der Waals surface area contributed by atoms with Gasteiger partial charge in [0.05, 0.1) is 11.4 Å². The van der Waals surface area contributed by atoms with Gasteiger partial charge in [-0.25, -0.2) is 0 Å². The molecule has 1 aliphatic heterocycles. The van der Waals surface area contributed by atoms with Gasteiger partial charge in [0.15, 0.2) is 5.82 Å². The number of aromatic nitrogens is 3. The summed E-state index contributed by atoms with van der Waals surface area (Å²) in [5, 5.41) is 8.24. The van der Waals surface area contributed by atoms with Crippen LogP contribution in [0.15, 0.2) is 6.07 Å². The van der Waals surface area contributed by atoms with Gasteiger partial charge in [0.2, 0.25) is 0 Å². The lowest BCUT2D eigenvalue weighted by Crippen LogP contribution is -2.38. The lowest BCUT2D eigenvalue weighted by molar-refractivity contribution is 0.0711. The molecule has 0 saturated carbocycles. The summed E-state index contributed by atoms with van der Waals surface area (Å²) in [7, 11) is 0. The van der Waals surface area contributed by atoms with Crippen LogP contribution >= 0.6 is 11.3 Å². The Kier molecular flexibility index (Phi) is 2.66. The number of carbonyl (C=O) groups is 1. The van der Waals surface area contributed by atoms with Crippen molar-refractivity contribution in [2.45, 2.75) is 39.3 Å². The minimum atomic E-state index is 0.149. The molecular formula is C14H16N4OS. The van der Waals surface area contributed by atoms with Crippen LogP contribution in [0, 0.1) is 6.92 Å². The standard InChI is InChI=1S/C14H16N4OS/c1-9-15-16-13-8-17(5-6-18(9)13)14(19)12-7-10-3-2-4-11(10)20-12/h7H,2-6,8H2,1H3. The molecule has 104 valence electrons. The van der Waals surface area contributed by atoms with Crippen LogP contribution in [0.3, 0.4) is 0 Å². The molecule has 0 unspecified atom stereocenters. The Morgan fingerprint density at radius 1 is 1.30 bits per heavy atom. The molecule has 3 heterocycles. The fraction of sp³-hybridized carbons (Fsp3) is 0.500. The smallest absolute Gasteiger partial charge is 0.264 e. The first-order valence-electron chi connectivity index (χ1n) is 7.02. The molecule has 1 amide bonds. The van der Waals surface area contributed by atoms with E-state index >= 15 is 0 Å². The second kappa shape index (κ2) is 4.41. The zero-order chi connectivity index (χ0) is 13.7. The van der Waals surface area contributed by atoms with E-state index in [1.54, 1.807) is 11.3 Å². The maximum absolute atomic E-state index is 12.6. The first-order chi connectivity index (χ1) is 9.72. The predicted octanol–water partition coefficient (Wildman–Crippen LogP) is 1.79. The Labute approximate surface area is 121 Å². The molecule has 0 fully saturated rings. The molecule has 0 spiro atoms. The van der Waals surface area contributed by atoms with Crippen LogP contribution < -0.4 is 0 Å².